The van der Waals surface area contributed by atoms with E-state index in [1.165, 1.54) is 4.90 Å². The minimum absolute atomic E-state index is 0.175. The first kappa shape index (κ1) is 15.9. The van der Waals surface area contributed by atoms with Gasteiger partial charge in [-0.15, -0.1) is 0 Å². The van der Waals surface area contributed by atoms with Crippen molar-refractivity contribution in [2.24, 2.45) is 5.92 Å². The van der Waals surface area contributed by atoms with Crippen LogP contribution < -0.4 is 5.32 Å². The van der Waals surface area contributed by atoms with Gasteiger partial charge < -0.3 is 15.3 Å². The molecule has 0 aliphatic carbocycles. The average Bonchev–Trinajstić information content (AvgIpc) is 2.37. The highest BCUT2D eigenvalue weighted by molar-refractivity contribution is 5.82. The van der Waals surface area contributed by atoms with Gasteiger partial charge in [-0.05, 0) is 24.5 Å². The lowest BCUT2D eigenvalue weighted by Gasteiger charge is -2.23. The minimum atomic E-state index is -1.03. The molecule has 1 aromatic heterocycles. The summed E-state index contributed by atoms with van der Waals surface area (Å²) in [6.45, 7) is 5.77. The van der Waals surface area contributed by atoms with E-state index in [9.17, 15) is 9.59 Å². The first-order chi connectivity index (χ1) is 9.31. The standard InChI is InChI=1S/C14H21N3O3/c1-9(2)12(13(18)19)16-14(20)17(4)8-11-6-5-10(3)15-7-11/h5-7,9,12H,8H2,1-4H3,(H,16,20)(H,18,19)/t12-/m0/s1. The lowest BCUT2D eigenvalue weighted by atomic mass is 10.1. The summed E-state index contributed by atoms with van der Waals surface area (Å²) in [4.78, 5) is 28.6. The third-order valence-corrected chi connectivity index (χ3v) is 2.95. The van der Waals surface area contributed by atoms with Crippen molar-refractivity contribution >= 4 is 12.0 Å². The van der Waals surface area contributed by atoms with Crippen LogP contribution in [0.1, 0.15) is 25.1 Å². The molecule has 0 unspecified atom stereocenters. The molecular weight excluding hydrogens is 258 g/mol. The fourth-order valence-electron chi connectivity index (χ4n) is 1.69. The number of carboxylic acids is 1. The van der Waals surface area contributed by atoms with Crippen molar-refractivity contribution in [3.63, 3.8) is 0 Å². The van der Waals surface area contributed by atoms with Gasteiger partial charge in [0.15, 0.2) is 0 Å². The summed E-state index contributed by atoms with van der Waals surface area (Å²) < 4.78 is 0. The van der Waals surface area contributed by atoms with Gasteiger partial charge in [-0.25, -0.2) is 9.59 Å². The Kier molecular flexibility index (Phi) is 5.49. The molecular formula is C14H21N3O3. The molecule has 0 aliphatic heterocycles. The predicted octanol–water partition coefficient (Wildman–Crippen LogP) is 1.64. The van der Waals surface area contributed by atoms with E-state index in [2.05, 4.69) is 10.3 Å². The zero-order chi connectivity index (χ0) is 15.3. The Morgan fingerprint density at radius 2 is 2.05 bits per heavy atom. The van der Waals surface area contributed by atoms with Crippen LogP contribution in [0.25, 0.3) is 0 Å². The largest absolute Gasteiger partial charge is 0.480 e. The summed E-state index contributed by atoms with van der Waals surface area (Å²) in [7, 11) is 1.62. The normalized spacial score (nSPS) is 12.1. The molecule has 2 N–H and O–H groups in total. The first-order valence-electron chi connectivity index (χ1n) is 6.47. The molecule has 6 heteroatoms. The highest BCUT2D eigenvalue weighted by Crippen LogP contribution is 2.06. The summed E-state index contributed by atoms with van der Waals surface area (Å²) in [5.41, 5.74) is 1.80. The van der Waals surface area contributed by atoms with Crippen LogP contribution in [0.3, 0.4) is 0 Å². The maximum absolute atomic E-state index is 12.0. The molecule has 0 saturated carbocycles. The number of carbonyl (C=O) groups excluding carboxylic acids is 1. The maximum Gasteiger partial charge on any atom is 0.326 e. The van der Waals surface area contributed by atoms with Crippen LogP contribution in [0, 0.1) is 12.8 Å². The maximum atomic E-state index is 12.0. The minimum Gasteiger partial charge on any atom is -0.480 e. The van der Waals surface area contributed by atoms with Crippen LogP contribution in [0.5, 0.6) is 0 Å². The van der Waals surface area contributed by atoms with Gasteiger partial charge in [-0.2, -0.15) is 0 Å². The zero-order valence-corrected chi connectivity index (χ0v) is 12.3. The molecule has 20 heavy (non-hydrogen) atoms. The molecule has 1 heterocycles. The molecule has 110 valence electrons. The number of pyridine rings is 1. The molecule has 2 amide bonds. The molecule has 0 saturated heterocycles. The van der Waals surface area contributed by atoms with Crippen molar-refractivity contribution in [3.8, 4) is 0 Å². The summed E-state index contributed by atoms with van der Waals surface area (Å²) in [6.07, 6.45) is 1.70. The molecule has 0 fully saturated rings. The molecule has 0 aromatic carbocycles. The van der Waals surface area contributed by atoms with Crippen LogP contribution >= 0.6 is 0 Å². The van der Waals surface area contributed by atoms with Gasteiger partial charge in [0.2, 0.25) is 0 Å². The fourth-order valence-corrected chi connectivity index (χ4v) is 1.69. The smallest absolute Gasteiger partial charge is 0.326 e. The Balaban J connectivity index is 2.62. The second kappa shape index (κ2) is 6.88. The van der Waals surface area contributed by atoms with Gasteiger partial charge in [-0.1, -0.05) is 19.9 Å². The van der Waals surface area contributed by atoms with Gasteiger partial charge in [0.05, 0.1) is 0 Å². The first-order valence-corrected chi connectivity index (χ1v) is 6.47. The van der Waals surface area contributed by atoms with Crippen LogP contribution in [-0.4, -0.2) is 40.1 Å². The van der Waals surface area contributed by atoms with Crippen LogP contribution in [0.4, 0.5) is 4.79 Å². The number of nitrogens with zero attached hydrogens (tertiary/aromatic N) is 2. The van der Waals surface area contributed by atoms with Crippen LogP contribution in [0.15, 0.2) is 18.3 Å². The van der Waals surface area contributed by atoms with Crippen molar-refractivity contribution in [2.45, 2.75) is 33.4 Å². The highest BCUT2D eigenvalue weighted by Gasteiger charge is 2.24. The number of hydrogen-bond donors (Lipinski definition) is 2. The summed E-state index contributed by atoms with van der Waals surface area (Å²) >= 11 is 0. The van der Waals surface area contributed by atoms with Crippen molar-refractivity contribution in [1.82, 2.24) is 15.2 Å². The Labute approximate surface area is 118 Å². The number of carbonyl (C=O) groups is 2. The van der Waals surface area contributed by atoms with Crippen molar-refractivity contribution in [1.29, 1.82) is 0 Å². The zero-order valence-electron chi connectivity index (χ0n) is 12.3. The average molecular weight is 279 g/mol. The molecule has 0 bridgehead atoms. The van der Waals surface area contributed by atoms with Gasteiger partial charge in [0, 0.05) is 25.5 Å². The number of urea groups is 1. The number of aromatic nitrogens is 1. The number of carboxylic acid groups (broad SMARTS) is 1. The van der Waals surface area contributed by atoms with Gasteiger partial charge in [-0.3, -0.25) is 4.98 Å². The van der Waals surface area contributed by atoms with Crippen molar-refractivity contribution in [2.75, 3.05) is 7.05 Å². The predicted molar refractivity (Wildman–Crippen MR) is 75.2 cm³/mol. The van der Waals surface area contributed by atoms with E-state index in [1.54, 1.807) is 27.1 Å². The van der Waals surface area contributed by atoms with E-state index in [0.29, 0.717) is 6.54 Å². The molecule has 1 atom stereocenters. The topological polar surface area (TPSA) is 82.5 Å². The summed E-state index contributed by atoms with van der Waals surface area (Å²) in [6, 6.07) is 2.46. The Morgan fingerprint density at radius 3 is 2.50 bits per heavy atom. The number of rotatable bonds is 5. The van der Waals surface area contributed by atoms with E-state index in [0.717, 1.165) is 11.3 Å². The number of amides is 2. The van der Waals surface area contributed by atoms with E-state index in [4.69, 9.17) is 5.11 Å². The number of aliphatic carboxylic acids is 1. The van der Waals surface area contributed by atoms with E-state index >= 15 is 0 Å². The van der Waals surface area contributed by atoms with Gasteiger partial charge in [0.1, 0.15) is 6.04 Å². The number of aryl methyl sites for hydroxylation is 1. The lowest BCUT2D eigenvalue weighted by Crippen LogP contribution is -2.48. The summed E-state index contributed by atoms with van der Waals surface area (Å²) in [5, 5.41) is 11.6. The molecule has 1 aromatic rings. The fraction of sp³-hybridized carbons (Fsp3) is 0.500. The highest BCUT2D eigenvalue weighted by atomic mass is 16.4. The van der Waals surface area contributed by atoms with Gasteiger partial charge in [0.25, 0.3) is 0 Å². The lowest BCUT2D eigenvalue weighted by molar-refractivity contribution is -0.140. The van der Waals surface area contributed by atoms with E-state index in [-0.39, 0.29) is 5.92 Å². The Bertz CT molecular complexity index is 471. The second-order valence-electron chi connectivity index (χ2n) is 5.17. The van der Waals surface area contributed by atoms with E-state index in [1.807, 2.05) is 19.1 Å². The molecule has 6 nitrogen and oxygen atoms in total. The summed E-state index contributed by atoms with van der Waals surface area (Å²) in [5.74, 6) is -1.20. The monoisotopic (exact) mass is 279 g/mol. The molecule has 0 spiro atoms. The SMILES string of the molecule is Cc1ccc(CN(C)C(=O)N[C@H](C(=O)O)C(C)C)cn1. The third kappa shape index (κ3) is 4.53. The van der Waals surface area contributed by atoms with Crippen molar-refractivity contribution < 1.29 is 14.7 Å². The quantitative estimate of drug-likeness (QED) is 0.858. The number of hydrogen-bond acceptors (Lipinski definition) is 3. The molecule has 1 rings (SSSR count). The van der Waals surface area contributed by atoms with Crippen LogP contribution in [-0.2, 0) is 11.3 Å². The van der Waals surface area contributed by atoms with Crippen LogP contribution in [0.2, 0.25) is 0 Å². The molecule has 0 aliphatic rings. The third-order valence-electron chi connectivity index (χ3n) is 2.95. The van der Waals surface area contributed by atoms with Crippen molar-refractivity contribution in [3.05, 3.63) is 29.6 Å². The Morgan fingerprint density at radius 1 is 1.40 bits per heavy atom. The van der Waals surface area contributed by atoms with E-state index < -0.39 is 18.0 Å². The number of nitrogens with one attached hydrogen (secondary N) is 1. The Hall–Kier alpha value is -2.11. The van der Waals surface area contributed by atoms with Gasteiger partial charge >= 0.3 is 12.0 Å². The molecule has 0 radical (unpaired) electrons. The second-order valence-corrected chi connectivity index (χ2v) is 5.17.